The van der Waals surface area contributed by atoms with Gasteiger partial charge in [0.15, 0.2) is 0 Å². The summed E-state index contributed by atoms with van der Waals surface area (Å²) >= 11 is 0. The monoisotopic (exact) mass is 271 g/mol. The van der Waals surface area contributed by atoms with Crippen molar-refractivity contribution in [1.82, 2.24) is 10.2 Å². The molecule has 0 unspecified atom stereocenters. The van der Waals surface area contributed by atoms with Gasteiger partial charge in [-0.1, -0.05) is 20.8 Å². The van der Waals surface area contributed by atoms with E-state index < -0.39 is 0 Å². The highest BCUT2D eigenvalue weighted by Gasteiger charge is 2.20. The van der Waals surface area contributed by atoms with Crippen molar-refractivity contribution in [2.24, 2.45) is 11.1 Å². The number of amides is 2. The highest BCUT2D eigenvalue weighted by Crippen LogP contribution is 2.26. The molecule has 0 atom stereocenters. The molecule has 0 heterocycles. The van der Waals surface area contributed by atoms with E-state index in [9.17, 15) is 9.59 Å². The minimum absolute atomic E-state index is 0.0109. The molecule has 0 bridgehead atoms. The number of carbonyl (C=O) groups excluding carboxylic acids is 2. The Hall–Kier alpha value is -1.10. The van der Waals surface area contributed by atoms with E-state index in [1.807, 2.05) is 6.92 Å². The summed E-state index contributed by atoms with van der Waals surface area (Å²) in [6, 6.07) is 0. The number of nitrogens with two attached hydrogens (primary N) is 1. The molecule has 0 fully saturated rings. The summed E-state index contributed by atoms with van der Waals surface area (Å²) < 4.78 is 0. The molecule has 0 spiro atoms. The number of carbonyl (C=O) groups is 2. The first kappa shape index (κ1) is 17.9. The van der Waals surface area contributed by atoms with Crippen LogP contribution < -0.4 is 11.1 Å². The number of hydrogen-bond acceptors (Lipinski definition) is 3. The van der Waals surface area contributed by atoms with Gasteiger partial charge in [0.1, 0.15) is 0 Å². The molecule has 0 aliphatic carbocycles. The fourth-order valence-electron chi connectivity index (χ4n) is 1.78. The second-order valence-electron chi connectivity index (χ2n) is 5.80. The summed E-state index contributed by atoms with van der Waals surface area (Å²) in [6.07, 6.45) is 3.06. The van der Waals surface area contributed by atoms with E-state index in [2.05, 4.69) is 19.2 Å². The zero-order valence-corrected chi connectivity index (χ0v) is 12.8. The Bertz CT molecular complexity index is 290. The van der Waals surface area contributed by atoms with Crippen molar-refractivity contribution in [2.45, 2.75) is 46.5 Å². The molecule has 0 aromatic heterocycles. The highest BCUT2D eigenvalue weighted by molar-refractivity contribution is 5.84. The minimum Gasteiger partial charge on any atom is -0.355 e. The lowest BCUT2D eigenvalue weighted by Crippen LogP contribution is -2.38. The van der Waals surface area contributed by atoms with Crippen LogP contribution in [0.25, 0.3) is 0 Å². The molecule has 2 amide bonds. The van der Waals surface area contributed by atoms with Gasteiger partial charge in [-0.2, -0.15) is 0 Å². The van der Waals surface area contributed by atoms with Gasteiger partial charge in [-0.3, -0.25) is 9.59 Å². The number of rotatable bonds is 9. The van der Waals surface area contributed by atoms with Crippen LogP contribution >= 0.6 is 0 Å². The van der Waals surface area contributed by atoms with E-state index in [0.29, 0.717) is 19.5 Å². The maximum Gasteiger partial charge on any atom is 0.239 e. The average Bonchev–Trinajstić information content (AvgIpc) is 2.33. The zero-order chi connectivity index (χ0) is 14.9. The van der Waals surface area contributed by atoms with Gasteiger partial charge in [-0.25, -0.2) is 0 Å². The van der Waals surface area contributed by atoms with Gasteiger partial charge in [0.2, 0.25) is 11.8 Å². The van der Waals surface area contributed by atoms with Crippen molar-refractivity contribution >= 4 is 11.8 Å². The predicted molar refractivity (Wildman–Crippen MR) is 77.6 cm³/mol. The zero-order valence-electron chi connectivity index (χ0n) is 12.8. The molecular weight excluding hydrogens is 242 g/mol. The van der Waals surface area contributed by atoms with E-state index in [1.165, 1.54) is 4.90 Å². The molecule has 0 aliphatic heterocycles. The third kappa shape index (κ3) is 8.59. The number of nitrogens with zero attached hydrogens (tertiary/aromatic N) is 1. The number of nitrogens with one attached hydrogen (secondary N) is 1. The molecule has 112 valence electrons. The van der Waals surface area contributed by atoms with E-state index in [0.717, 1.165) is 19.3 Å². The summed E-state index contributed by atoms with van der Waals surface area (Å²) in [5.41, 5.74) is 5.62. The van der Waals surface area contributed by atoms with Gasteiger partial charge in [0.25, 0.3) is 0 Å². The van der Waals surface area contributed by atoms with Crippen LogP contribution in [-0.2, 0) is 9.59 Å². The van der Waals surface area contributed by atoms with Crippen LogP contribution in [0.5, 0.6) is 0 Å². The maximum absolute atomic E-state index is 11.9. The van der Waals surface area contributed by atoms with Crippen molar-refractivity contribution in [3.05, 3.63) is 0 Å². The molecule has 5 nitrogen and oxygen atoms in total. The van der Waals surface area contributed by atoms with Crippen LogP contribution in [0.2, 0.25) is 0 Å². The number of likely N-dealkylation sites (N-methyl/N-ethyl adjacent to an activating group) is 1. The first-order valence-electron chi connectivity index (χ1n) is 7.03. The second kappa shape index (κ2) is 8.91. The molecular formula is C14H29N3O2. The van der Waals surface area contributed by atoms with Gasteiger partial charge < -0.3 is 16.0 Å². The van der Waals surface area contributed by atoms with Gasteiger partial charge in [0, 0.05) is 20.0 Å². The lowest BCUT2D eigenvalue weighted by Gasteiger charge is -2.25. The summed E-state index contributed by atoms with van der Waals surface area (Å²) in [7, 11) is 1.67. The van der Waals surface area contributed by atoms with Crippen molar-refractivity contribution in [2.75, 3.05) is 26.7 Å². The molecule has 0 rings (SSSR count). The Morgan fingerprint density at radius 2 is 1.89 bits per heavy atom. The molecule has 0 aromatic rings. The van der Waals surface area contributed by atoms with Crippen LogP contribution in [0.4, 0.5) is 0 Å². The van der Waals surface area contributed by atoms with Crippen molar-refractivity contribution in [3.63, 3.8) is 0 Å². The molecule has 19 heavy (non-hydrogen) atoms. The number of hydrogen-bond donors (Lipinski definition) is 2. The summed E-state index contributed by atoms with van der Waals surface area (Å²) in [4.78, 5) is 24.9. The maximum atomic E-state index is 11.9. The second-order valence-corrected chi connectivity index (χ2v) is 5.80. The van der Waals surface area contributed by atoms with Crippen LogP contribution in [0.3, 0.4) is 0 Å². The van der Waals surface area contributed by atoms with E-state index in [1.54, 1.807) is 7.05 Å². The third-order valence-corrected chi connectivity index (χ3v) is 3.22. The molecule has 0 radical (unpaired) electrons. The topological polar surface area (TPSA) is 75.4 Å². The van der Waals surface area contributed by atoms with E-state index >= 15 is 0 Å². The quantitative estimate of drug-likeness (QED) is 0.660. The summed E-state index contributed by atoms with van der Waals surface area (Å²) in [5, 5.41) is 2.76. The molecule has 0 aliphatic rings. The Labute approximate surface area is 116 Å². The van der Waals surface area contributed by atoms with Crippen molar-refractivity contribution < 1.29 is 9.59 Å². The first-order valence-corrected chi connectivity index (χ1v) is 7.03. The van der Waals surface area contributed by atoms with Crippen molar-refractivity contribution in [3.8, 4) is 0 Å². The smallest absolute Gasteiger partial charge is 0.239 e. The highest BCUT2D eigenvalue weighted by atomic mass is 16.2. The summed E-state index contributed by atoms with van der Waals surface area (Å²) in [6.45, 7) is 7.65. The molecule has 3 N–H and O–H groups in total. The lowest BCUT2D eigenvalue weighted by molar-refractivity contribution is -0.135. The SMILES string of the molecule is CCCNC(=O)CN(C)C(=O)CCC(C)(C)CCN. The predicted octanol–water partition coefficient (Wildman–Crippen LogP) is 1.13. The van der Waals surface area contributed by atoms with Gasteiger partial charge in [0.05, 0.1) is 6.54 Å². The Balaban J connectivity index is 4.03. The third-order valence-electron chi connectivity index (χ3n) is 3.22. The minimum atomic E-state index is -0.0982. The van der Waals surface area contributed by atoms with Crippen LogP contribution in [0.15, 0.2) is 0 Å². The Kier molecular flexibility index (Phi) is 8.39. The van der Waals surface area contributed by atoms with E-state index in [4.69, 9.17) is 5.73 Å². The van der Waals surface area contributed by atoms with Gasteiger partial charge in [-0.05, 0) is 31.2 Å². The molecule has 0 aromatic carbocycles. The standard InChI is InChI=1S/C14H29N3O2/c1-5-10-16-12(18)11-17(4)13(19)6-7-14(2,3)8-9-15/h5-11,15H2,1-4H3,(H,16,18). The largest absolute Gasteiger partial charge is 0.355 e. The molecule has 0 saturated carbocycles. The first-order chi connectivity index (χ1) is 8.82. The van der Waals surface area contributed by atoms with Crippen LogP contribution in [-0.4, -0.2) is 43.4 Å². The molecule has 5 heteroatoms. The lowest BCUT2D eigenvalue weighted by atomic mass is 9.84. The normalized spacial score (nSPS) is 11.2. The Morgan fingerprint density at radius 1 is 1.26 bits per heavy atom. The van der Waals surface area contributed by atoms with Gasteiger partial charge >= 0.3 is 0 Å². The van der Waals surface area contributed by atoms with Crippen LogP contribution in [0.1, 0.15) is 46.5 Å². The molecule has 0 saturated heterocycles. The van der Waals surface area contributed by atoms with E-state index in [-0.39, 0.29) is 23.8 Å². The Morgan fingerprint density at radius 3 is 2.42 bits per heavy atom. The average molecular weight is 271 g/mol. The fourth-order valence-corrected chi connectivity index (χ4v) is 1.78. The summed E-state index contributed by atoms with van der Waals surface area (Å²) in [5.74, 6) is -0.0873. The van der Waals surface area contributed by atoms with Gasteiger partial charge in [-0.15, -0.1) is 0 Å². The van der Waals surface area contributed by atoms with Crippen molar-refractivity contribution in [1.29, 1.82) is 0 Å². The fraction of sp³-hybridized carbons (Fsp3) is 0.857. The van der Waals surface area contributed by atoms with Crippen LogP contribution in [0, 0.1) is 5.41 Å².